The van der Waals surface area contributed by atoms with Crippen LogP contribution in [-0.2, 0) is 0 Å². The molecule has 1 spiro atoms. The number of aliphatic hydroxyl groups excluding tert-OH is 1. The molecule has 2 N–H and O–H groups in total. The van der Waals surface area contributed by atoms with Crippen LogP contribution >= 0.6 is 0 Å². The Kier molecular flexibility index (Phi) is 3.91. The quantitative estimate of drug-likeness (QED) is 0.861. The number of anilines is 1. The van der Waals surface area contributed by atoms with Crippen LogP contribution in [0.15, 0.2) is 30.1 Å². The molecule has 1 aliphatic carbocycles. The van der Waals surface area contributed by atoms with Crippen molar-refractivity contribution in [3.8, 4) is 0 Å². The largest absolute Gasteiger partial charge is 0.387 e. The minimum atomic E-state index is -0.534. The first-order chi connectivity index (χ1) is 11.9. The lowest BCUT2D eigenvalue weighted by Crippen LogP contribution is -2.35. The number of likely N-dealkylation sites (tertiary alicyclic amines) is 1. The molecule has 4 rings (SSSR count). The van der Waals surface area contributed by atoms with E-state index < -0.39 is 6.10 Å². The molecule has 1 aromatic rings. The topological polar surface area (TPSA) is 48.4 Å². The number of aromatic nitrogens is 1. The Morgan fingerprint density at radius 1 is 1.24 bits per heavy atom. The van der Waals surface area contributed by atoms with Crippen LogP contribution < -0.4 is 5.32 Å². The second-order valence-electron chi connectivity index (χ2n) is 8.41. The maximum atomic E-state index is 10.5. The van der Waals surface area contributed by atoms with Crippen LogP contribution in [0.25, 0.3) is 5.70 Å². The molecule has 25 heavy (non-hydrogen) atoms. The number of nitrogens with zero attached hydrogens (tertiary/aromatic N) is 2. The van der Waals surface area contributed by atoms with Crippen molar-refractivity contribution >= 4 is 11.4 Å². The fraction of sp³-hybridized carbons (Fsp3) is 0.571. The minimum absolute atomic E-state index is 0.148. The number of hydrogen-bond acceptors (Lipinski definition) is 4. The number of hydrogen-bond donors (Lipinski definition) is 2. The van der Waals surface area contributed by atoms with Crippen LogP contribution in [0.5, 0.6) is 0 Å². The van der Waals surface area contributed by atoms with Gasteiger partial charge in [0.2, 0.25) is 0 Å². The summed E-state index contributed by atoms with van der Waals surface area (Å²) >= 11 is 0. The van der Waals surface area contributed by atoms with E-state index in [1.54, 1.807) is 0 Å². The third-order valence-electron chi connectivity index (χ3n) is 6.31. The van der Waals surface area contributed by atoms with Crippen LogP contribution in [0, 0.1) is 11.3 Å². The van der Waals surface area contributed by atoms with Gasteiger partial charge < -0.3 is 15.3 Å². The third kappa shape index (κ3) is 2.86. The molecule has 1 aromatic heterocycles. The maximum Gasteiger partial charge on any atom is 0.0982 e. The highest BCUT2D eigenvalue weighted by atomic mass is 16.3. The van der Waals surface area contributed by atoms with E-state index in [1.165, 1.54) is 37.0 Å². The summed E-state index contributed by atoms with van der Waals surface area (Å²) in [4.78, 5) is 7.01. The smallest absolute Gasteiger partial charge is 0.0982 e. The highest BCUT2D eigenvalue weighted by Crippen LogP contribution is 2.54. The van der Waals surface area contributed by atoms with E-state index >= 15 is 0 Å². The zero-order valence-corrected chi connectivity index (χ0v) is 15.6. The number of pyridine rings is 1. The fourth-order valence-electron chi connectivity index (χ4n) is 4.16. The van der Waals surface area contributed by atoms with E-state index in [9.17, 15) is 5.11 Å². The van der Waals surface area contributed by atoms with Gasteiger partial charge in [-0.25, -0.2) is 0 Å². The molecule has 0 bridgehead atoms. The first-order valence-electron chi connectivity index (χ1n) is 9.51. The van der Waals surface area contributed by atoms with E-state index in [2.05, 4.69) is 34.8 Å². The van der Waals surface area contributed by atoms with Crippen LogP contribution in [0.2, 0.25) is 0 Å². The van der Waals surface area contributed by atoms with Gasteiger partial charge in [0.15, 0.2) is 0 Å². The van der Waals surface area contributed by atoms with Gasteiger partial charge in [-0.05, 0) is 55.6 Å². The monoisotopic (exact) mass is 339 g/mol. The number of allylic oxidation sites excluding steroid dienone is 1. The highest BCUT2D eigenvalue weighted by Gasteiger charge is 2.45. The molecular formula is C21H29N3O. The summed E-state index contributed by atoms with van der Waals surface area (Å²) in [6.45, 7) is 12.6. The summed E-state index contributed by atoms with van der Waals surface area (Å²) in [6.07, 6.45) is 6.74. The van der Waals surface area contributed by atoms with Crippen molar-refractivity contribution in [1.29, 1.82) is 0 Å². The normalized spacial score (nSPS) is 22.9. The van der Waals surface area contributed by atoms with Gasteiger partial charge in [-0.15, -0.1) is 0 Å². The van der Waals surface area contributed by atoms with E-state index in [-0.39, 0.29) is 5.92 Å². The third-order valence-corrected chi connectivity index (χ3v) is 6.31. The molecule has 3 heterocycles. The number of rotatable bonds is 3. The Bertz CT molecular complexity index is 736. The van der Waals surface area contributed by atoms with Crippen molar-refractivity contribution in [2.75, 3.05) is 18.4 Å². The lowest BCUT2D eigenvalue weighted by molar-refractivity contribution is 0.122. The summed E-state index contributed by atoms with van der Waals surface area (Å²) in [7, 11) is 0. The lowest BCUT2D eigenvalue weighted by atomic mass is 9.90. The van der Waals surface area contributed by atoms with Crippen LogP contribution in [0.3, 0.4) is 0 Å². The summed E-state index contributed by atoms with van der Waals surface area (Å²) in [5.74, 6) is 0.148. The Morgan fingerprint density at radius 3 is 2.52 bits per heavy atom. The Morgan fingerprint density at radius 2 is 1.92 bits per heavy atom. The molecule has 2 fully saturated rings. The molecule has 134 valence electrons. The molecular weight excluding hydrogens is 310 g/mol. The van der Waals surface area contributed by atoms with Gasteiger partial charge in [0.25, 0.3) is 0 Å². The standard InChI is InChI=1S/C21H29N3O/c1-13(2)20(25)17-11-16-18(12-22-17)23-15(4)14(3)19(16)24-9-7-21(5-6-21)8-10-24/h11-13,20,23,25H,4-10H2,1-3H3. The predicted molar refractivity (Wildman–Crippen MR) is 102 cm³/mol. The van der Waals surface area contributed by atoms with Crippen molar-refractivity contribution in [2.45, 2.75) is 52.6 Å². The summed E-state index contributed by atoms with van der Waals surface area (Å²) in [5.41, 5.74) is 6.99. The summed E-state index contributed by atoms with van der Waals surface area (Å²) in [5, 5.41) is 13.8. The van der Waals surface area contributed by atoms with Gasteiger partial charge >= 0.3 is 0 Å². The van der Waals surface area contributed by atoms with Crippen LogP contribution in [0.1, 0.15) is 63.8 Å². The molecule has 0 radical (unpaired) electrons. The fourth-order valence-corrected chi connectivity index (χ4v) is 4.16. The first kappa shape index (κ1) is 16.6. The Hall–Kier alpha value is -1.81. The average molecular weight is 339 g/mol. The molecule has 0 aromatic carbocycles. The molecule has 4 nitrogen and oxygen atoms in total. The number of nitrogens with one attached hydrogen (secondary N) is 1. The SMILES string of the molecule is C=C1Nc2cnc(C(O)C(C)C)cc2C(N2CCC3(CC2)CC3)=C1C. The minimum Gasteiger partial charge on any atom is -0.387 e. The van der Waals surface area contributed by atoms with Crippen molar-refractivity contribution in [3.63, 3.8) is 0 Å². The highest BCUT2D eigenvalue weighted by molar-refractivity contribution is 5.84. The van der Waals surface area contributed by atoms with E-state index in [4.69, 9.17) is 0 Å². The van der Waals surface area contributed by atoms with Gasteiger partial charge in [0.1, 0.15) is 0 Å². The van der Waals surface area contributed by atoms with Crippen molar-refractivity contribution in [2.24, 2.45) is 11.3 Å². The second-order valence-corrected chi connectivity index (χ2v) is 8.41. The first-order valence-corrected chi connectivity index (χ1v) is 9.51. The molecule has 1 saturated carbocycles. The van der Waals surface area contributed by atoms with E-state index in [0.29, 0.717) is 5.41 Å². The molecule has 0 amide bonds. The molecule has 4 heteroatoms. The zero-order chi connectivity index (χ0) is 17.8. The van der Waals surface area contributed by atoms with Crippen LogP contribution in [-0.4, -0.2) is 28.1 Å². The van der Waals surface area contributed by atoms with Crippen LogP contribution in [0.4, 0.5) is 5.69 Å². The number of fused-ring (bicyclic) bond motifs is 1. The molecule has 2 aliphatic heterocycles. The van der Waals surface area contributed by atoms with Crippen molar-refractivity contribution in [1.82, 2.24) is 9.88 Å². The average Bonchev–Trinajstić information content (AvgIpc) is 3.35. The van der Waals surface area contributed by atoms with Crippen molar-refractivity contribution in [3.05, 3.63) is 41.4 Å². The lowest BCUT2D eigenvalue weighted by Gasteiger charge is -2.39. The summed E-state index contributed by atoms with van der Waals surface area (Å²) < 4.78 is 0. The van der Waals surface area contributed by atoms with E-state index in [1.807, 2.05) is 20.0 Å². The van der Waals surface area contributed by atoms with E-state index in [0.717, 1.165) is 35.7 Å². The van der Waals surface area contributed by atoms with Gasteiger partial charge in [0, 0.05) is 24.4 Å². The number of aliphatic hydroxyl groups is 1. The molecule has 1 unspecified atom stereocenters. The second kappa shape index (κ2) is 5.87. The van der Waals surface area contributed by atoms with Gasteiger partial charge in [-0.2, -0.15) is 0 Å². The number of piperidine rings is 1. The van der Waals surface area contributed by atoms with Gasteiger partial charge in [-0.1, -0.05) is 20.4 Å². The Balaban J connectivity index is 1.71. The van der Waals surface area contributed by atoms with Crippen molar-refractivity contribution < 1.29 is 5.11 Å². The van der Waals surface area contributed by atoms with Gasteiger partial charge in [-0.3, -0.25) is 4.98 Å². The molecule has 1 saturated heterocycles. The Labute approximate surface area is 150 Å². The molecule has 1 atom stereocenters. The predicted octanol–water partition coefficient (Wildman–Crippen LogP) is 4.32. The zero-order valence-electron chi connectivity index (χ0n) is 15.6. The molecule has 3 aliphatic rings. The summed E-state index contributed by atoms with van der Waals surface area (Å²) in [6, 6.07) is 2.07. The maximum absolute atomic E-state index is 10.5. The van der Waals surface area contributed by atoms with Gasteiger partial charge in [0.05, 0.1) is 29.4 Å².